The van der Waals surface area contributed by atoms with Gasteiger partial charge in [-0.2, -0.15) is 10.5 Å². The van der Waals surface area contributed by atoms with Crippen molar-refractivity contribution in [1.29, 1.82) is 10.5 Å². The Kier molecular flexibility index (Phi) is 16.4. The van der Waals surface area contributed by atoms with Gasteiger partial charge < -0.3 is 17.7 Å². The molecule has 16 aromatic rings. The summed E-state index contributed by atoms with van der Waals surface area (Å²) in [4.78, 5) is 7.06. The van der Waals surface area contributed by atoms with Gasteiger partial charge in [0.05, 0.1) is 58.7 Å². The summed E-state index contributed by atoms with van der Waals surface area (Å²) in [6, 6.07) is 61.1. The molecule has 16 rings (SSSR count). The number of furan rings is 4. The third kappa shape index (κ3) is 11.6. The normalized spacial score (nSPS) is 11.1. The molecule has 0 aliphatic rings. The molecule has 0 bridgehead atoms. The van der Waals surface area contributed by atoms with Crippen molar-refractivity contribution in [2.45, 2.75) is 55.4 Å². The Morgan fingerprint density at radius 2 is 0.760 bits per heavy atom. The number of aryl methyl sites for hydroxylation is 12. The standard InChI is InChI=1S/4C21H17N2O/c1-13-7-8-23(4)19(9-13)17-12-21-18(10-14(17)2)16-6-5-15(22-3)11-20(16)24-21;1-13-8-9-23(4)19(10-13)16-12-20-17(11-14(16)2)15-6-5-7-18(22-3)21(15)24-20;1-13-6-7-23(3)19(8-13)16-11-21-17(9-14(16)2)18-10-15(12-22)4-5-20(18)24-21;1-13-7-8-23(3)18(9-13)16-11-20-17(10-14(16)2)21-15(12-22)5-4-6-19(21)24-20/h2*5-12H,1-2,4H3;2*4-11H,1-3H3/q4*+1. The lowest BCUT2D eigenvalue weighted by Gasteiger charge is -2.05. The summed E-state index contributed by atoms with van der Waals surface area (Å²) in [6.07, 6.45) is 8.30. The van der Waals surface area contributed by atoms with Gasteiger partial charge >= 0.3 is 0 Å². The summed E-state index contributed by atoms with van der Waals surface area (Å²) >= 11 is 0. The first kappa shape index (κ1) is 62.3. The minimum absolute atomic E-state index is 0.559. The van der Waals surface area contributed by atoms with Crippen LogP contribution in [-0.4, -0.2) is 0 Å². The molecule has 0 atom stereocenters. The zero-order valence-electron chi connectivity index (χ0n) is 55.7. The molecule has 464 valence electrons. The van der Waals surface area contributed by atoms with Gasteiger partial charge in [-0.15, -0.1) is 0 Å². The number of fused-ring (bicyclic) bond motifs is 12. The van der Waals surface area contributed by atoms with Crippen molar-refractivity contribution >= 4 is 99.1 Å². The van der Waals surface area contributed by atoms with E-state index in [0.717, 1.165) is 127 Å². The molecule has 0 spiro atoms. The lowest BCUT2D eigenvalue weighted by molar-refractivity contribution is -0.660. The van der Waals surface area contributed by atoms with Crippen LogP contribution < -0.4 is 18.3 Å². The molecule has 0 saturated carbocycles. The van der Waals surface area contributed by atoms with Crippen LogP contribution in [0.2, 0.25) is 0 Å². The molecule has 12 nitrogen and oxygen atoms in total. The average Bonchev–Trinajstić information content (AvgIpc) is 1.62. The maximum atomic E-state index is 9.39. The highest BCUT2D eigenvalue weighted by atomic mass is 16.3. The maximum absolute atomic E-state index is 9.39. The predicted molar refractivity (Wildman–Crippen MR) is 381 cm³/mol. The van der Waals surface area contributed by atoms with Crippen molar-refractivity contribution in [3.8, 4) is 57.2 Å². The second-order valence-electron chi connectivity index (χ2n) is 25.0. The summed E-state index contributed by atoms with van der Waals surface area (Å²) in [5, 5.41) is 26.7. The summed E-state index contributed by atoms with van der Waals surface area (Å²) in [6.45, 7) is 31.3. The van der Waals surface area contributed by atoms with Gasteiger partial charge in [-0.05, 0) is 185 Å². The number of hydrogen-bond acceptors (Lipinski definition) is 6. The molecular weight excluding hydrogens is 1180 g/mol. The molecule has 0 amide bonds. The van der Waals surface area contributed by atoms with E-state index < -0.39 is 0 Å². The monoisotopic (exact) mass is 1250 g/mol. The van der Waals surface area contributed by atoms with E-state index in [1.165, 1.54) is 44.5 Å². The van der Waals surface area contributed by atoms with Gasteiger partial charge in [-0.1, -0.05) is 36.4 Å². The van der Waals surface area contributed by atoms with Crippen molar-refractivity contribution in [2.75, 3.05) is 0 Å². The van der Waals surface area contributed by atoms with E-state index >= 15 is 0 Å². The Balaban J connectivity index is 0.000000116. The topological polar surface area (TPSA) is 124 Å². The number of aromatic nitrogens is 4. The molecule has 8 aromatic heterocycles. The zero-order chi connectivity index (χ0) is 67.4. The minimum Gasteiger partial charge on any atom is -0.467 e. The van der Waals surface area contributed by atoms with Crippen LogP contribution in [0.4, 0.5) is 11.4 Å². The number of hydrogen-bond donors (Lipinski definition) is 0. The number of pyridine rings is 4. The smallest absolute Gasteiger partial charge is 0.229 e. The van der Waals surface area contributed by atoms with Crippen molar-refractivity contribution in [2.24, 2.45) is 28.2 Å². The summed E-state index contributed by atoms with van der Waals surface area (Å²) < 4.78 is 32.6. The fourth-order valence-corrected chi connectivity index (χ4v) is 13.0. The van der Waals surface area contributed by atoms with E-state index in [2.05, 4.69) is 231 Å². The van der Waals surface area contributed by atoms with Gasteiger partial charge in [-0.3, -0.25) is 0 Å². The van der Waals surface area contributed by atoms with Crippen LogP contribution in [0.15, 0.2) is 212 Å². The van der Waals surface area contributed by atoms with E-state index in [-0.39, 0.29) is 0 Å². The Morgan fingerprint density at radius 1 is 0.344 bits per heavy atom. The van der Waals surface area contributed by atoms with Gasteiger partial charge in [0.1, 0.15) is 72.9 Å². The number of nitriles is 2. The first-order chi connectivity index (χ1) is 46.3. The number of benzene rings is 8. The molecule has 0 unspecified atom stereocenters. The molecule has 0 aliphatic carbocycles. The Labute approximate surface area is 556 Å². The first-order valence-corrected chi connectivity index (χ1v) is 31.6. The van der Waals surface area contributed by atoms with Crippen molar-refractivity contribution in [3.05, 3.63) is 273 Å². The molecule has 96 heavy (non-hydrogen) atoms. The summed E-state index contributed by atoms with van der Waals surface area (Å²) in [7, 11) is 8.20. The van der Waals surface area contributed by atoms with Gasteiger partial charge in [-0.25, -0.2) is 28.0 Å². The average molecular weight is 1250 g/mol. The third-order valence-corrected chi connectivity index (χ3v) is 18.1. The van der Waals surface area contributed by atoms with E-state index in [4.69, 9.17) is 36.1 Å². The second kappa shape index (κ2) is 25.2. The van der Waals surface area contributed by atoms with Crippen LogP contribution in [0.25, 0.3) is 142 Å². The molecule has 0 aliphatic heterocycles. The van der Waals surface area contributed by atoms with Crippen LogP contribution in [0, 0.1) is 91.2 Å². The lowest BCUT2D eigenvalue weighted by atomic mass is 9.99. The predicted octanol–water partition coefficient (Wildman–Crippen LogP) is 19.6. The van der Waals surface area contributed by atoms with Crippen LogP contribution in [0.5, 0.6) is 0 Å². The Morgan fingerprint density at radius 3 is 1.24 bits per heavy atom. The van der Waals surface area contributed by atoms with E-state index in [0.29, 0.717) is 28.1 Å². The highest BCUT2D eigenvalue weighted by Crippen LogP contribution is 2.41. The molecule has 0 saturated heterocycles. The van der Waals surface area contributed by atoms with Crippen molar-refractivity contribution < 1.29 is 35.9 Å². The third-order valence-electron chi connectivity index (χ3n) is 18.1. The van der Waals surface area contributed by atoms with Gasteiger partial charge in [0.25, 0.3) is 0 Å². The second-order valence-corrected chi connectivity index (χ2v) is 25.0. The lowest BCUT2D eigenvalue weighted by Crippen LogP contribution is -2.30. The molecule has 0 N–H and O–H groups in total. The fraction of sp³-hybridized carbons (Fsp3) is 0.143. The quantitative estimate of drug-likeness (QED) is 0.128. The Hall–Kier alpha value is -12.5. The first-order valence-electron chi connectivity index (χ1n) is 31.6. The van der Waals surface area contributed by atoms with E-state index in [1.54, 1.807) is 12.1 Å². The van der Waals surface area contributed by atoms with Gasteiger partial charge in [0, 0.05) is 91.6 Å². The van der Waals surface area contributed by atoms with E-state index in [9.17, 15) is 5.26 Å². The summed E-state index contributed by atoms with van der Waals surface area (Å²) in [5.74, 6) is 0. The summed E-state index contributed by atoms with van der Waals surface area (Å²) in [5.41, 5.74) is 27.7. The minimum atomic E-state index is 0.559. The van der Waals surface area contributed by atoms with Gasteiger partial charge in [0.15, 0.2) is 30.5 Å². The SMILES string of the molecule is Cc1cc[n+](C)c(-c2cc3oc4ccc(C#N)cc4c3cc2C)c1.Cc1cc[n+](C)c(-c2cc3oc4cccc(C#N)c4c3cc2C)c1.[C-]#[N+]c1ccc2c(c1)oc1cc(-c3cc(C)cc[n+]3C)c(C)cc12.[C-]#[N+]c1cccc2c1oc1cc(-c3cc(C)cc[n+]3C)c(C)cc12. The molecular formula is C84H68N8O4+4. The highest BCUT2D eigenvalue weighted by Gasteiger charge is 2.23. The van der Waals surface area contributed by atoms with Crippen molar-refractivity contribution in [1.82, 2.24) is 0 Å². The number of rotatable bonds is 4. The Bertz CT molecular complexity index is 5930. The van der Waals surface area contributed by atoms with Crippen LogP contribution in [0.3, 0.4) is 0 Å². The van der Waals surface area contributed by atoms with Crippen molar-refractivity contribution in [3.63, 3.8) is 0 Å². The molecule has 8 aromatic carbocycles. The number of para-hydroxylation sites is 1. The molecule has 8 heterocycles. The van der Waals surface area contributed by atoms with Crippen LogP contribution in [0.1, 0.15) is 55.6 Å². The fourth-order valence-electron chi connectivity index (χ4n) is 13.0. The number of nitrogens with zero attached hydrogens (tertiary/aromatic N) is 8. The van der Waals surface area contributed by atoms with E-state index in [1.807, 2.05) is 74.8 Å². The van der Waals surface area contributed by atoms with Crippen LogP contribution in [-0.2, 0) is 28.2 Å². The van der Waals surface area contributed by atoms with Gasteiger partial charge in [0.2, 0.25) is 28.5 Å². The largest absolute Gasteiger partial charge is 0.467 e. The molecule has 0 fully saturated rings. The molecule has 0 radical (unpaired) electrons. The maximum Gasteiger partial charge on any atom is 0.229 e. The van der Waals surface area contributed by atoms with Crippen LogP contribution >= 0.6 is 0 Å². The zero-order valence-corrected chi connectivity index (χ0v) is 55.7. The highest BCUT2D eigenvalue weighted by molar-refractivity contribution is 6.12. The molecule has 12 heteroatoms.